The molecule has 0 heterocycles. The molecule has 0 aliphatic carbocycles. The summed E-state index contributed by atoms with van der Waals surface area (Å²) in [6.07, 6.45) is 0.782. The lowest BCUT2D eigenvalue weighted by Gasteiger charge is -2.28. The lowest BCUT2D eigenvalue weighted by atomic mass is 10.1. The molecule has 1 unspecified atom stereocenters. The Kier molecular flexibility index (Phi) is 9.45. The highest BCUT2D eigenvalue weighted by Gasteiger charge is 2.26. The van der Waals surface area contributed by atoms with Crippen LogP contribution in [0.4, 0.5) is 5.69 Å². The number of nitro groups is 1. The van der Waals surface area contributed by atoms with Gasteiger partial charge in [0.1, 0.15) is 11.8 Å². The highest BCUT2D eigenvalue weighted by atomic mass is 79.9. The monoisotopic (exact) mass is 507 g/mol. The Balaban J connectivity index is 2.16. The van der Waals surface area contributed by atoms with Gasteiger partial charge in [0.2, 0.25) is 11.7 Å². The van der Waals surface area contributed by atoms with Crippen LogP contribution in [0.2, 0.25) is 0 Å². The van der Waals surface area contributed by atoms with Crippen molar-refractivity contribution in [3.8, 4) is 11.5 Å². The molecule has 0 aromatic heterocycles. The molecule has 2 rings (SSSR count). The van der Waals surface area contributed by atoms with Gasteiger partial charge in [-0.05, 0) is 37.1 Å². The van der Waals surface area contributed by atoms with Gasteiger partial charge in [0.15, 0.2) is 6.61 Å². The van der Waals surface area contributed by atoms with Crippen LogP contribution in [0.5, 0.6) is 11.5 Å². The Bertz CT molecular complexity index is 951. The zero-order valence-electron chi connectivity index (χ0n) is 18.2. The van der Waals surface area contributed by atoms with E-state index in [1.54, 1.807) is 6.92 Å². The van der Waals surface area contributed by atoms with Gasteiger partial charge in [0.25, 0.3) is 5.91 Å². The van der Waals surface area contributed by atoms with Crippen LogP contribution in [0.3, 0.4) is 0 Å². The molecule has 0 fully saturated rings. The lowest BCUT2D eigenvalue weighted by Crippen LogP contribution is -2.49. The molecule has 0 aliphatic rings. The van der Waals surface area contributed by atoms with Gasteiger partial charge in [-0.25, -0.2) is 0 Å². The summed E-state index contributed by atoms with van der Waals surface area (Å²) in [5, 5.41) is 13.8. The first-order valence-corrected chi connectivity index (χ1v) is 10.8. The fourth-order valence-electron chi connectivity index (χ4n) is 2.89. The van der Waals surface area contributed by atoms with Crippen LogP contribution >= 0.6 is 15.9 Å². The molecule has 2 aromatic carbocycles. The summed E-state index contributed by atoms with van der Waals surface area (Å²) in [5.41, 5.74) is 0.651. The van der Waals surface area contributed by atoms with Crippen molar-refractivity contribution in [3.05, 3.63) is 62.6 Å². The molecule has 0 saturated heterocycles. The van der Waals surface area contributed by atoms with Gasteiger partial charge in [-0.1, -0.05) is 35.0 Å². The van der Waals surface area contributed by atoms with Crippen LogP contribution < -0.4 is 14.8 Å². The number of ether oxygens (including phenoxy) is 2. The largest absolute Gasteiger partial charge is 0.490 e. The molecular weight excluding hydrogens is 482 g/mol. The van der Waals surface area contributed by atoms with E-state index in [4.69, 9.17) is 9.47 Å². The number of nitro benzene ring substituents is 1. The molecular formula is C22H26BrN3O6. The highest BCUT2D eigenvalue weighted by Crippen LogP contribution is 2.30. The Morgan fingerprint density at radius 2 is 1.91 bits per heavy atom. The molecule has 0 aliphatic heterocycles. The number of hydrogen-bond donors (Lipinski definition) is 1. The summed E-state index contributed by atoms with van der Waals surface area (Å²) in [7, 11) is 1.31. The average molecular weight is 508 g/mol. The second-order valence-corrected chi connectivity index (χ2v) is 7.91. The predicted octanol–water partition coefficient (Wildman–Crippen LogP) is 3.69. The van der Waals surface area contributed by atoms with E-state index in [0.29, 0.717) is 6.54 Å². The van der Waals surface area contributed by atoms with E-state index in [2.05, 4.69) is 21.2 Å². The minimum absolute atomic E-state index is 0.0268. The quantitative estimate of drug-likeness (QED) is 0.366. The standard InChI is InChI=1S/C22H26BrN3O6/c1-4-11-24-22(28)15(2)25(13-16-5-7-17(23)8-6-16)21(27)14-32-18-9-10-19(26(29)30)20(12-18)31-3/h5-10,12,15H,4,11,13-14H2,1-3H3,(H,24,28). The topological polar surface area (TPSA) is 111 Å². The number of nitrogens with zero attached hydrogens (tertiary/aromatic N) is 2. The Hall–Kier alpha value is -3.14. The van der Waals surface area contributed by atoms with Gasteiger partial charge >= 0.3 is 5.69 Å². The maximum absolute atomic E-state index is 13.0. The molecule has 172 valence electrons. The van der Waals surface area contributed by atoms with Crippen molar-refractivity contribution in [2.75, 3.05) is 20.3 Å². The predicted molar refractivity (Wildman–Crippen MR) is 123 cm³/mol. The maximum Gasteiger partial charge on any atom is 0.311 e. The number of halogens is 1. The number of nitrogens with one attached hydrogen (secondary N) is 1. The van der Waals surface area contributed by atoms with E-state index < -0.39 is 16.9 Å². The van der Waals surface area contributed by atoms with E-state index in [1.807, 2.05) is 31.2 Å². The van der Waals surface area contributed by atoms with Crippen LogP contribution in [-0.4, -0.2) is 47.9 Å². The van der Waals surface area contributed by atoms with E-state index in [9.17, 15) is 19.7 Å². The number of rotatable bonds is 11. The van der Waals surface area contributed by atoms with Gasteiger partial charge in [-0.15, -0.1) is 0 Å². The fraction of sp³-hybridized carbons (Fsp3) is 0.364. The minimum Gasteiger partial charge on any atom is -0.490 e. The van der Waals surface area contributed by atoms with E-state index >= 15 is 0 Å². The SMILES string of the molecule is CCCNC(=O)C(C)N(Cc1ccc(Br)cc1)C(=O)COc1ccc([N+](=O)[O-])c(OC)c1. The summed E-state index contributed by atoms with van der Waals surface area (Å²) in [5.74, 6) is -0.384. The number of hydrogen-bond acceptors (Lipinski definition) is 6. The Morgan fingerprint density at radius 1 is 1.22 bits per heavy atom. The second-order valence-electron chi connectivity index (χ2n) is 6.99. The Morgan fingerprint density at radius 3 is 2.50 bits per heavy atom. The van der Waals surface area contributed by atoms with Gasteiger partial charge in [-0.2, -0.15) is 0 Å². The third kappa shape index (κ3) is 6.94. The van der Waals surface area contributed by atoms with Gasteiger partial charge in [-0.3, -0.25) is 19.7 Å². The van der Waals surface area contributed by atoms with Gasteiger partial charge in [0, 0.05) is 29.7 Å². The van der Waals surface area contributed by atoms with Crippen molar-refractivity contribution >= 4 is 33.4 Å². The normalized spacial score (nSPS) is 11.4. The third-order valence-corrected chi connectivity index (χ3v) is 5.22. The van der Waals surface area contributed by atoms with Crippen molar-refractivity contribution in [1.29, 1.82) is 0 Å². The van der Waals surface area contributed by atoms with Crippen molar-refractivity contribution in [2.45, 2.75) is 32.9 Å². The molecule has 1 N–H and O–H groups in total. The molecule has 10 heteroatoms. The van der Waals surface area contributed by atoms with Crippen molar-refractivity contribution in [2.24, 2.45) is 0 Å². The molecule has 1 atom stereocenters. The molecule has 2 aromatic rings. The van der Waals surface area contributed by atoms with Crippen LogP contribution in [0.1, 0.15) is 25.8 Å². The number of carbonyl (C=O) groups excluding carboxylic acids is 2. The smallest absolute Gasteiger partial charge is 0.311 e. The van der Waals surface area contributed by atoms with Gasteiger partial charge in [0.05, 0.1) is 12.0 Å². The second kappa shape index (κ2) is 12.0. The number of carbonyl (C=O) groups is 2. The third-order valence-electron chi connectivity index (χ3n) is 4.69. The van der Waals surface area contributed by atoms with E-state index in [1.165, 1.54) is 30.2 Å². The fourth-order valence-corrected chi connectivity index (χ4v) is 3.16. The first kappa shape index (κ1) is 25.1. The van der Waals surface area contributed by atoms with Crippen LogP contribution in [0.15, 0.2) is 46.9 Å². The maximum atomic E-state index is 13.0. The molecule has 0 saturated carbocycles. The summed E-state index contributed by atoms with van der Waals surface area (Å²) in [6.45, 7) is 4.00. The van der Waals surface area contributed by atoms with E-state index in [0.717, 1.165) is 16.5 Å². The van der Waals surface area contributed by atoms with Gasteiger partial charge < -0.3 is 19.7 Å². The first-order valence-electron chi connectivity index (χ1n) is 10.0. The molecule has 2 amide bonds. The highest BCUT2D eigenvalue weighted by molar-refractivity contribution is 9.10. The van der Waals surface area contributed by atoms with Crippen LogP contribution in [-0.2, 0) is 16.1 Å². The number of benzene rings is 2. The first-order chi connectivity index (χ1) is 15.3. The molecule has 0 bridgehead atoms. The molecule has 9 nitrogen and oxygen atoms in total. The minimum atomic E-state index is -0.715. The van der Waals surface area contributed by atoms with E-state index in [-0.39, 0.29) is 36.2 Å². The summed E-state index contributed by atoms with van der Waals surface area (Å²) in [4.78, 5) is 37.4. The van der Waals surface area contributed by atoms with Crippen LogP contribution in [0.25, 0.3) is 0 Å². The van der Waals surface area contributed by atoms with Crippen LogP contribution in [0, 0.1) is 10.1 Å². The van der Waals surface area contributed by atoms with Crippen molar-refractivity contribution < 1.29 is 24.0 Å². The summed E-state index contributed by atoms with van der Waals surface area (Å²) >= 11 is 3.38. The summed E-state index contributed by atoms with van der Waals surface area (Å²) in [6, 6.07) is 10.7. The average Bonchev–Trinajstić information content (AvgIpc) is 2.79. The number of methoxy groups -OCH3 is 1. The molecule has 32 heavy (non-hydrogen) atoms. The number of amides is 2. The van der Waals surface area contributed by atoms with Crippen molar-refractivity contribution in [1.82, 2.24) is 10.2 Å². The lowest BCUT2D eigenvalue weighted by molar-refractivity contribution is -0.385. The molecule has 0 spiro atoms. The zero-order valence-corrected chi connectivity index (χ0v) is 19.8. The zero-order chi connectivity index (χ0) is 23.7. The van der Waals surface area contributed by atoms with Crippen molar-refractivity contribution in [3.63, 3.8) is 0 Å². The Labute approximate surface area is 195 Å². The molecule has 0 radical (unpaired) electrons. The summed E-state index contributed by atoms with van der Waals surface area (Å²) < 4.78 is 11.5.